The SMILES string of the molecule is Nc1ncnc(NNC(=O)CNC(=O)COc2ccc(Cl)cc2)c1[N+](=O)[O-]. The first-order valence-electron chi connectivity index (χ1n) is 7.31. The highest BCUT2D eigenvalue weighted by molar-refractivity contribution is 6.30. The summed E-state index contributed by atoms with van der Waals surface area (Å²) in [5.74, 6) is -1.44. The molecule has 0 fully saturated rings. The molecule has 0 aliphatic carbocycles. The molecule has 0 bridgehead atoms. The van der Waals surface area contributed by atoms with Gasteiger partial charge in [-0.05, 0) is 24.3 Å². The number of nitrogens with two attached hydrogens (primary N) is 1. The van der Waals surface area contributed by atoms with E-state index in [9.17, 15) is 19.7 Å². The van der Waals surface area contributed by atoms with Gasteiger partial charge < -0.3 is 15.8 Å². The summed E-state index contributed by atoms with van der Waals surface area (Å²) in [6.07, 6.45) is 0.993. The summed E-state index contributed by atoms with van der Waals surface area (Å²) < 4.78 is 5.22. The summed E-state index contributed by atoms with van der Waals surface area (Å²) in [5.41, 5.74) is 9.21. The minimum atomic E-state index is -0.792. The van der Waals surface area contributed by atoms with Gasteiger partial charge in [0, 0.05) is 5.02 Å². The number of benzene rings is 1. The van der Waals surface area contributed by atoms with Gasteiger partial charge in [0.25, 0.3) is 11.8 Å². The summed E-state index contributed by atoms with van der Waals surface area (Å²) in [5, 5.41) is 13.8. The van der Waals surface area contributed by atoms with Crippen LogP contribution >= 0.6 is 11.6 Å². The van der Waals surface area contributed by atoms with Crippen molar-refractivity contribution in [1.29, 1.82) is 0 Å². The number of anilines is 2. The molecular weight excluding hydrogens is 382 g/mol. The van der Waals surface area contributed by atoms with Crippen molar-refractivity contribution in [3.63, 3.8) is 0 Å². The molecule has 0 saturated carbocycles. The Balaban J connectivity index is 1.76. The van der Waals surface area contributed by atoms with E-state index in [2.05, 4.69) is 26.1 Å². The second-order valence-corrected chi connectivity index (χ2v) is 5.34. The summed E-state index contributed by atoms with van der Waals surface area (Å²) in [6.45, 7) is -0.708. The molecule has 5 N–H and O–H groups in total. The van der Waals surface area contributed by atoms with Crippen LogP contribution in [0.2, 0.25) is 5.02 Å². The molecule has 27 heavy (non-hydrogen) atoms. The summed E-state index contributed by atoms with van der Waals surface area (Å²) >= 11 is 5.73. The zero-order valence-electron chi connectivity index (χ0n) is 13.6. The number of carbonyl (C=O) groups excluding carboxylic acids is 2. The Bertz CT molecular complexity index is 846. The number of halogens is 1. The molecule has 0 aliphatic heterocycles. The van der Waals surface area contributed by atoms with E-state index >= 15 is 0 Å². The predicted molar refractivity (Wildman–Crippen MR) is 94.8 cm³/mol. The lowest BCUT2D eigenvalue weighted by Gasteiger charge is -2.10. The van der Waals surface area contributed by atoms with Gasteiger partial charge in [-0.25, -0.2) is 9.97 Å². The fourth-order valence-electron chi connectivity index (χ4n) is 1.75. The van der Waals surface area contributed by atoms with Crippen molar-refractivity contribution in [2.24, 2.45) is 0 Å². The monoisotopic (exact) mass is 395 g/mol. The molecule has 0 saturated heterocycles. The third kappa shape index (κ3) is 5.97. The maximum Gasteiger partial charge on any atom is 0.354 e. The average molecular weight is 396 g/mol. The molecule has 12 nitrogen and oxygen atoms in total. The molecule has 0 atom stereocenters. The normalized spacial score (nSPS) is 9.96. The standard InChI is InChI=1S/C14H14ClN7O5/c15-8-1-3-9(4-2-8)27-6-11(24)17-5-10(23)20-21-14-12(22(25)26)13(16)18-7-19-14/h1-4,7H,5-6H2,(H,17,24)(H,20,23)(H3,16,18,19,21). The highest BCUT2D eigenvalue weighted by atomic mass is 35.5. The van der Waals surface area contributed by atoms with Crippen LogP contribution in [-0.2, 0) is 9.59 Å². The predicted octanol–water partition coefficient (Wildman–Crippen LogP) is 0.259. The molecule has 1 heterocycles. The molecule has 1 aromatic carbocycles. The second-order valence-electron chi connectivity index (χ2n) is 4.91. The lowest BCUT2D eigenvalue weighted by molar-refractivity contribution is -0.383. The first kappa shape index (κ1) is 19.7. The number of nitrogens with zero attached hydrogens (tertiary/aromatic N) is 3. The van der Waals surface area contributed by atoms with E-state index in [1.165, 1.54) is 0 Å². The number of hydrazine groups is 1. The Labute approximate surface area is 157 Å². The Morgan fingerprint density at radius 1 is 1.22 bits per heavy atom. The first-order chi connectivity index (χ1) is 12.9. The largest absolute Gasteiger partial charge is 0.484 e. The number of aromatic nitrogens is 2. The summed E-state index contributed by atoms with van der Waals surface area (Å²) in [7, 11) is 0. The maximum absolute atomic E-state index is 11.7. The Morgan fingerprint density at radius 3 is 2.59 bits per heavy atom. The Morgan fingerprint density at radius 2 is 1.93 bits per heavy atom. The van der Waals surface area contributed by atoms with Gasteiger partial charge in [-0.3, -0.25) is 30.6 Å². The van der Waals surface area contributed by atoms with E-state index in [0.29, 0.717) is 10.8 Å². The molecule has 1 aromatic heterocycles. The zero-order valence-corrected chi connectivity index (χ0v) is 14.4. The number of nitro groups is 1. The number of amides is 2. The smallest absolute Gasteiger partial charge is 0.354 e. The second kappa shape index (κ2) is 9.15. The number of hydrogen-bond acceptors (Lipinski definition) is 9. The van der Waals surface area contributed by atoms with Gasteiger partial charge >= 0.3 is 5.69 Å². The average Bonchev–Trinajstić information content (AvgIpc) is 2.63. The van der Waals surface area contributed by atoms with Gasteiger partial charge in [-0.1, -0.05) is 11.6 Å². The number of hydrogen-bond donors (Lipinski definition) is 4. The Hall–Kier alpha value is -3.67. The lowest BCUT2D eigenvalue weighted by Crippen LogP contribution is -2.41. The number of rotatable bonds is 8. The van der Waals surface area contributed by atoms with Crippen LogP contribution in [0.5, 0.6) is 5.75 Å². The number of carbonyl (C=O) groups is 2. The van der Waals surface area contributed by atoms with Crippen molar-refractivity contribution in [3.8, 4) is 5.75 Å². The van der Waals surface area contributed by atoms with E-state index in [1.807, 2.05) is 0 Å². The van der Waals surface area contributed by atoms with Crippen LogP contribution in [0.15, 0.2) is 30.6 Å². The fraction of sp³-hybridized carbons (Fsp3) is 0.143. The van der Waals surface area contributed by atoms with Crippen LogP contribution < -0.4 is 26.6 Å². The summed E-state index contributed by atoms with van der Waals surface area (Å²) in [4.78, 5) is 40.6. The van der Waals surface area contributed by atoms with Gasteiger partial charge in [0.2, 0.25) is 11.6 Å². The molecule has 2 amide bonds. The van der Waals surface area contributed by atoms with Crippen molar-refractivity contribution in [2.45, 2.75) is 0 Å². The third-order valence-electron chi connectivity index (χ3n) is 2.98. The number of nitrogen functional groups attached to an aromatic ring is 1. The van der Waals surface area contributed by atoms with Crippen LogP contribution in [-0.4, -0.2) is 39.9 Å². The topological polar surface area (TPSA) is 174 Å². The summed E-state index contributed by atoms with van der Waals surface area (Å²) in [6, 6.07) is 6.39. The van der Waals surface area contributed by atoms with E-state index in [-0.39, 0.29) is 18.2 Å². The van der Waals surface area contributed by atoms with Gasteiger partial charge in [-0.15, -0.1) is 0 Å². The third-order valence-corrected chi connectivity index (χ3v) is 3.24. The molecule has 0 aliphatic rings. The Kier molecular flexibility index (Phi) is 6.66. The van der Waals surface area contributed by atoms with Crippen molar-refractivity contribution in [3.05, 3.63) is 45.7 Å². The van der Waals surface area contributed by atoms with Crippen molar-refractivity contribution in [1.82, 2.24) is 20.7 Å². The van der Waals surface area contributed by atoms with Gasteiger partial charge in [0.05, 0.1) is 11.5 Å². The van der Waals surface area contributed by atoms with Crippen molar-refractivity contribution in [2.75, 3.05) is 24.3 Å². The van der Waals surface area contributed by atoms with E-state index in [1.54, 1.807) is 24.3 Å². The number of nitrogens with one attached hydrogen (secondary N) is 3. The zero-order chi connectivity index (χ0) is 19.8. The highest BCUT2D eigenvalue weighted by Crippen LogP contribution is 2.25. The molecule has 0 spiro atoms. The molecule has 2 rings (SSSR count). The molecule has 13 heteroatoms. The number of ether oxygens (including phenoxy) is 1. The minimum Gasteiger partial charge on any atom is -0.484 e. The molecule has 2 aromatic rings. The lowest BCUT2D eigenvalue weighted by atomic mass is 10.3. The van der Waals surface area contributed by atoms with Crippen LogP contribution in [0.3, 0.4) is 0 Å². The fourth-order valence-corrected chi connectivity index (χ4v) is 1.87. The van der Waals surface area contributed by atoms with E-state index < -0.39 is 29.0 Å². The van der Waals surface area contributed by atoms with Gasteiger partial charge in [-0.2, -0.15) is 0 Å². The van der Waals surface area contributed by atoms with E-state index in [4.69, 9.17) is 22.1 Å². The minimum absolute atomic E-state index is 0.293. The quantitative estimate of drug-likeness (QED) is 0.360. The molecule has 0 unspecified atom stereocenters. The first-order valence-corrected chi connectivity index (χ1v) is 7.69. The van der Waals surface area contributed by atoms with Crippen molar-refractivity contribution >= 4 is 40.7 Å². The van der Waals surface area contributed by atoms with Gasteiger partial charge in [0.15, 0.2) is 6.61 Å². The van der Waals surface area contributed by atoms with Crippen LogP contribution in [0.4, 0.5) is 17.3 Å². The van der Waals surface area contributed by atoms with Crippen LogP contribution in [0.1, 0.15) is 0 Å². The molecule has 0 radical (unpaired) electrons. The highest BCUT2D eigenvalue weighted by Gasteiger charge is 2.21. The van der Waals surface area contributed by atoms with Gasteiger partial charge in [0.1, 0.15) is 12.1 Å². The molecule has 142 valence electrons. The van der Waals surface area contributed by atoms with Crippen LogP contribution in [0, 0.1) is 10.1 Å². The molecular formula is C14H14ClN7O5. The van der Waals surface area contributed by atoms with Crippen LogP contribution in [0.25, 0.3) is 0 Å². The maximum atomic E-state index is 11.7. The van der Waals surface area contributed by atoms with Crippen molar-refractivity contribution < 1.29 is 19.2 Å². The van der Waals surface area contributed by atoms with E-state index in [0.717, 1.165) is 6.33 Å².